The van der Waals surface area contributed by atoms with Crippen LogP contribution >= 0.6 is 23.1 Å². The summed E-state index contributed by atoms with van der Waals surface area (Å²) in [4.78, 5) is 27.3. The number of aromatic nitrogens is 1. The van der Waals surface area contributed by atoms with E-state index in [1.807, 2.05) is 23.5 Å². The standard InChI is InChI=1S/C32H40N6O2S2/c1-7-37-24-16-22(35-30(39)33-5)9-11-26(24)41-28(37)14-20-13-21(19-32(3,4)18-20)15-29-38(8-2)25-17-23(36-31(40)34-6)10-12-27(25)42-29/h9-14,16-17,21H,7-8,15,18-19H2,1-6H3,(H3-,33,34,35,36,39,40)/p+1. The first-order valence-electron chi connectivity index (χ1n) is 14.6. The number of anilines is 3. The van der Waals surface area contributed by atoms with Crippen molar-refractivity contribution in [3.8, 4) is 0 Å². The molecule has 4 N–H and O–H groups in total. The van der Waals surface area contributed by atoms with Crippen LogP contribution in [0.5, 0.6) is 0 Å². The van der Waals surface area contributed by atoms with Gasteiger partial charge >= 0.3 is 12.1 Å². The molecular formula is C32H41N6O2S2+. The average Bonchev–Trinajstić information content (AvgIpc) is 3.47. The van der Waals surface area contributed by atoms with Crippen molar-refractivity contribution in [1.29, 1.82) is 0 Å². The van der Waals surface area contributed by atoms with E-state index in [-0.39, 0.29) is 17.5 Å². The molecule has 1 aliphatic carbocycles. The predicted molar refractivity (Wildman–Crippen MR) is 176 cm³/mol. The molecule has 1 atom stereocenters. The number of aryl methyl sites for hydroxylation is 1. The zero-order valence-corrected chi connectivity index (χ0v) is 26.9. The SMILES string of the molecule is CCN1C(=CC2=CC(Cc3sc4ccc(NC(=O)NC)cc4[n+]3CC)CC(C)(C)C2)Sc2ccc(NC(=O)NC)cc21. The highest BCUT2D eigenvalue weighted by molar-refractivity contribution is 8.03. The Morgan fingerprint density at radius 2 is 1.74 bits per heavy atom. The maximum Gasteiger partial charge on any atom is 0.318 e. The van der Waals surface area contributed by atoms with E-state index in [2.05, 4.69) is 94.8 Å². The Balaban J connectivity index is 1.41. The van der Waals surface area contributed by atoms with Gasteiger partial charge in [0.25, 0.3) is 0 Å². The van der Waals surface area contributed by atoms with Crippen LogP contribution in [0.15, 0.2) is 64.0 Å². The molecule has 4 amide bonds. The number of urea groups is 2. The van der Waals surface area contributed by atoms with Crippen LogP contribution in [-0.2, 0) is 13.0 Å². The number of carbonyl (C=O) groups is 2. The maximum atomic E-state index is 11.9. The third-order valence-electron chi connectivity index (χ3n) is 7.80. The minimum atomic E-state index is -0.218. The van der Waals surface area contributed by atoms with Crippen molar-refractivity contribution in [2.24, 2.45) is 11.3 Å². The van der Waals surface area contributed by atoms with Gasteiger partial charge in [-0.1, -0.05) is 43.0 Å². The number of thiazole rings is 1. The molecule has 1 aliphatic heterocycles. The molecule has 2 aliphatic rings. The van der Waals surface area contributed by atoms with Gasteiger partial charge in [0.15, 0.2) is 0 Å². The predicted octanol–water partition coefficient (Wildman–Crippen LogP) is 7.09. The summed E-state index contributed by atoms with van der Waals surface area (Å²) < 4.78 is 3.63. The Bertz CT molecular complexity index is 1570. The van der Waals surface area contributed by atoms with Gasteiger partial charge in [0.2, 0.25) is 10.5 Å². The third-order valence-corrected chi connectivity index (χ3v) is 10.1. The van der Waals surface area contributed by atoms with Crippen molar-refractivity contribution in [1.82, 2.24) is 10.6 Å². The molecule has 1 aromatic heterocycles. The molecule has 2 heterocycles. The second kappa shape index (κ2) is 12.4. The molecule has 0 fully saturated rings. The normalized spacial score (nSPS) is 18.5. The zero-order chi connectivity index (χ0) is 30.0. The summed E-state index contributed by atoms with van der Waals surface area (Å²) in [5, 5.41) is 13.6. The Hall–Kier alpha value is -3.50. The van der Waals surface area contributed by atoms with Crippen molar-refractivity contribution in [2.45, 2.75) is 58.4 Å². The monoisotopic (exact) mass is 605 g/mol. The molecule has 5 rings (SSSR count). The van der Waals surface area contributed by atoms with Crippen molar-refractivity contribution in [2.75, 3.05) is 36.2 Å². The second-order valence-electron chi connectivity index (χ2n) is 11.6. The van der Waals surface area contributed by atoms with Crippen molar-refractivity contribution in [3.63, 3.8) is 0 Å². The molecule has 2 aromatic carbocycles. The Morgan fingerprint density at radius 1 is 1.05 bits per heavy atom. The number of amides is 4. The largest absolute Gasteiger partial charge is 0.341 e. The molecule has 222 valence electrons. The molecule has 0 spiro atoms. The van der Waals surface area contributed by atoms with E-state index in [0.29, 0.717) is 5.92 Å². The van der Waals surface area contributed by atoms with Crippen LogP contribution < -0.4 is 30.7 Å². The van der Waals surface area contributed by atoms with E-state index in [1.54, 1.807) is 25.9 Å². The molecule has 8 nitrogen and oxygen atoms in total. The van der Waals surface area contributed by atoms with E-state index < -0.39 is 0 Å². The lowest BCUT2D eigenvalue weighted by atomic mass is 9.72. The zero-order valence-electron chi connectivity index (χ0n) is 25.3. The highest BCUT2D eigenvalue weighted by Gasteiger charge is 2.32. The van der Waals surface area contributed by atoms with Gasteiger partial charge in [0, 0.05) is 49.4 Å². The Labute approximate surface area is 256 Å². The summed E-state index contributed by atoms with van der Waals surface area (Å²) in [6.45, 7) is 10.9. The molecular weight excluding hydrogens is 565 g/mol. The lowest BCUT2D eigenvalue weighted by molar-refractivity contribution is -0.671. The summed E-state index contributed by atoms with van der Waals surface area (Å²) in [5.41, 5.74) is 5.46. The van der Waals surface area contributed by atoms with E-state index in [4.69, 9.17) is 0 Å². The van der Waals surface area contributed by atoms with Crippen LogP contribution in [0.3, 0.4) is 0 Å². The van der Waals surface area contributed by atoms with E-state index in [1.165, 1.54) is 25.2 Å². The van der Waals surface area contributed by atoms with Crippen LogP contribution in [0.1, 0.15) is 45.5 Å². The number of fused-ring (bicyclic) bond motifs is 2. The van der Waals surface area contributed by atoms with Gasteiger partial charge in [-0.3, -0.25) is 0 Å². The molecule has 0 bridgehead atoms. The first-order valence-corrected chi connectivity index (χ1v) is 16.2. The number of hydrogen-bond acceptors (Lipinski definition) is 5. The number of nitrogens with zero attached hydrogens (tertiary/aromatic N) is 2. The van der Waals surface area contributed by atoms with E-state index >= 15 is 0 Å². The summed E-state index contributed by atoms with van der Waals surface area (Å²) in [6, 6.07) is 11.8. The first-order chi connectivity index (χ1) is 20.1. The minimum Gasteiger partial charge on any atom is -0.341 e. The minimum absolute atomic E-state index is 0.196. The van der Waals surface area contributed by atoms with Crippen molar-refractivity contribution >= 4 is 62.4 Å². The molecule has 0 saturated heterocycles. The summed E-state index contributed by atoms with van der Waals surface area (Å²) in [7, 11) is 3.25. The quantitative estimate of drug-likeness (QED) is 0.217. The third kappa shape index (κ3) is 6.44. The number of benzene rings is 2. The Kier molecular flexibility index (Phi) is 8.84. The maximum absolute atomic E-state index is 11.9. The van der Waals surface area contributed by atoms with Gasteiger partial charge < -0.3 is 26.2 Å². The van der Waals surface area contributed by atoms with Gasteiger partial charge in [-0.25, -0.2) is 9.59 Å². The summed E-state index contributed by atoms with van der Waals surface area (Å²) in [5.74, 6) is 0.433. The van der Waals surface area contributed by atoms with Crippen molar-refractivity contribution in [3.05, 3.63) is 64.2 Å². The topological polar surface area (TPSA) is 89.4 Å². The second-order valence-corrected chi connectivity index (χ2v) is 13.8. The fourth-order valence-corrected chi connectivity index (χ4v) is 8.56. The van der Waals surface area contributed by atoms with Crippen LogP contribution in [0.4, 0.5) is 26.7 Å². The number of rotatable bonds is 7. The molecule has 0 saturated carbocycles. The molecule has 42 heavy (non-hydrogen) atoms. The number of hydrogen-bond donors (Lipinski definition) is 4. The highest BCUT2D eigenvalue weighted by Crippen LogP contribution is 2.49. The highest BCUT2D eigenvalue weighted by atomic mass is 32.2. The molecule has 1 unspecified atom stereocenters. The van der Waals surface area contributed by atoms with Crippen molar-refractivity contribution < 1.29 is 14.2 Å². The Morgan fingerprint density at radius 3 is 2.40 bits per heavy atom. The molecule has 10 heteroatoms. The fraction of sp³-hybridized carbons (Fsp3) is 0.406. The number of nitrogens with one attached hydrogen (secondary N) is 4. The lowest BCUT2D eigenvalue weighted by Crippen LogP contribution is -2.36. The number of carbonyl (C=O) groups excluding carboxylic acids is 2. The van der Waals surface area contributed by atoms with Gasteiger partial charge in [-0.2, -0.15) is 4.57 Å². The first kappa shape index (κ1) is 30.0. The van der Waals surface area contributed by atoms with Crippen LogP contribution in [-0.4, -0.2) is 32.7 Å². The van der Waals surface area contributed by atoms with Gasteiger partial charge in [0.1, 0.15) is 11.2 Å². The van der Waals surface area contributed by atoms with Crippen LogP contribution in [0.25, 0.3) is 10.2 Å². The van der Waals surface area contributed by atoms with Crippen LogP contribution in [0.2, 0.25) is 0 Å². The van der Waals surface area contributed by atoms with Crippen LogP contribution in [0, 0.1) is 11.3 Å². The number of allylic oxidation sites excluding steroid dienone is 3. The van der Waals surface area contributed by atoms with Gasteiger partial charge in [-0.15, -0.1) is 0 Å². The summed E-state index contributed by atoms with van der Waals surface area (Å²) in [6.07, 6.45) is 8.04. The van der Waals surface area contributed by atoms with E-state index in [0.717, 1.165) is 54.9 Å². The molecule has 3 aromatic rings. The van der Waals surface area contributed by atoms with Gasteiger partial charge in [0.05, 0.1) is 10.7 Å². The fourth-order valence-electron chi connectivity index (χ4n) is 6.08. The van der Waals surface area contributed by atoms with Gasteiger partial charge in [-0.05, 0) is 80.0 Å². The van der Waals surface area contributed by atoms with E-state index in [9.17, 15) is 9.59 Å². The number of thioether (sulfide) groups is 1. The summed E-state index contributed by atoms with van der Waals surface area (Å²) >= 11 is 3.65. The average molecular weight is 606 g/mol. The smallest absolute Gasteiger partial charge is 0.318 e. The lowest BCUT2D eigenvalue weighted by Gasteiger charge is -2.34. The molecule has 0 radical (unpaired) electrons.